The third-order valence-electron chi connectivity index (χ3n) is 10.6. The number of carbonyl (C=O) groups is 1. The van der Waals surface area contributed by atoms with Gasteiger partial charge in [0.1, 0.15) is 5.78 Å². The molecule has 0 aromatic heterocycles. The molecule has 4 aliphatic carbocycles. The number of fused-ring (bicyclic) bond motifs is 4. The zero-order valence-electron chi connectivity index (χ0n) is 23.9. The third kappa shape index (κ3) is 4.30. The first kappa shape index (κ1) is 27.6. The maximum absolute atomic E-state index is 12.4. The van der Waals surface area contributed by atoms with E-state index in [4.69, 9.17) is 0 Å². The molecule has 3 N–H and O–H groups in total. The Bertz CT molecular complexity index is 1180. The highest BCUT2D eigenvalue weighted by Gasteiger charge is 2.67. The molecule has 0 heterocycles. The predicted octanol–water partition coefficient (Wildman–Crippen LogP) is 5.97. The van der Waals surface area contributed by atoms with Gasteiger partial charge in [0.15, 0.2) is 5.60 Å². The Morgan fingerprint density at radius 2 is 1.82 bits per heavy atom. The fourth-order valence-corrected chi connectivity index (χ4v) is 8.32. The molecule has 3 saturated carbocycles. The van der Waals surface area contributed by atoms with Crippen molar-refractivity contribution in [3.63, 3.8) is 0 Å². The average molecular weight is 519 g/mol. The summed E-state index contributed by atoms with van der Waals surface area (Å²) < 4.78 is 0. The summed E-state index contributed by atoms with van der Waals surface area (Å²) in [5.41, 5.74) is 1.78. The standard InChI is InChI=1S/C34H46O4/c1-6-7-8-9-17-34(38)29(36)19-28-25-16-18-33(37)20-24(35)14-15-27(33)30(25)26(21-32(28,34)5)22-10-12-23(13-11-22)31(2,3)4/h10-13,25-26,28-29,36-38H,6-8,14-16,18-21H2,1-5H3/t25-,26+,28-,29+,32-,33+,34-/m0/s1. The van der Waals surface area contributed by atoms with Crippen LogP contribution in [0.1, 0.15) is 116 Å². The van der Waals surface area contributed by atoms with Gasteiger partial charge >= 0.3 is 0 Å². The van der Waals surface area contributed by atoms with Gasteiger partial charge in [0.25, 0.3) is 0 Å². The second-order valence-electron chi connectivity index (χ2n) is 13.9. The zero-order valence-corrected chi connectivity index (χ0v) is 23.9. The van der Waals surface area contributed by atoms with Crippen LogP contribution in [-0.4, -0.2) is 38.4 Å². The molecule has 1 aromatic carbocycles. The minimum absolute atomic E-state index is 0.0135. The molecule has 5 rings (SSSR count). The number of aliphatic hydroxyl groups excluding tert-OH is 1. The molecule has 0 amide bonds. The number of ketones is 1. The number of benzene rings is 1. The molecule has 7 atom stereocenters. The molecule has 0 aliphatic heterocycles. The SMILES string of the molecule is CCCCC#C[C@]1(O)[C@H](O)C[C@H]2[C@@H]3CC[C@@]4(O)CC(=O)CCC4=C3[C@@H](c3ccc(C(C)(C)C)cc3)C[C@@]21C. The van der Waals surface area contributed by atoms with Crippen molar-refractivity contribution in [3.8, 4) is 11.8 Å². The second kappa shape index (κ2) is 9.61. The van der Waals surface area contributed by atoms with Gasteiger partial charge in [0, 0.05) is 30.6 Å². The van der Waals surface area contributed by atoms with Gasteiger partial charge in [-0.2, -0.15) is 0 Å². The number of allylic oxidation sites excluding steroid dienone is 1. The van der Waals surface area contributed by atoms with Crippen LogP contribution < -0.4 is 0 Å². The minimum Gasteiger partial charge on any atom is -0.389 e. The van der Waals surface area contributed by atoms with E-state index in [-0.39, 0.29) is 35.4 Å². The first-order valence-electron chi connectivity index (χ1n) is 14.8. The Balaban J connectivity index is 1.64. The molecule has 1 aromatic rings. The lowest BCUT2D eigenvalue weighted by molar-refractivity contribution is -0.126. The Morgan fingerprint density at radius 1 is 1.11 bits per heavy atom. The van der Waals surface area contributed by atoms with Gasteiger partial charge in [-0.1, -0.05) is 76.8 Å². The minimum atomic E-state index is -1.46. The number of unbranched alkanes of at least 4 members (excludes halogenated alkanes) is 2. The van der Waals surface area contributed by atoms with E-state index in [2.05, 4.69) is 70.7 Å². The van der Waals surface area contributed by atoms with Crippen LogP contribution in [0.4, 0.5) is 0 Å². The van der Waals surface area contributed by atoms with E-state index in [1.807, 2.05) is 0 Å². The molecule has 0 radical (unpaired) electrons. The lowest BCUT2D eigenvalue weighted by Crippen LogP contribution is -2.55. The predicted molar refractivity (Wildman–Crippen MR) is 151 cm³/mol. The van der Waals surface area contributed by atoms with Crippen LogP contribution in [0.15, 0.2) is 35.4 Å². The summed E-state index contributed by atoms with van der Waals surface area (Å²) in [6.45, 7) is 10.9. The molecule has 206 valence electrons. The summed E-state index contributed by atoms with van der Waals surface area (Å²) in [7, 11) is 0. The molecule has 3 fully saturated rings. The molecule has 4 heteroatoms. The van der Waals surface area contributed by atoms with Gasteiger partial charge in [0.05, 0.1) is 11.7 Å². The van der Waals surface area contributed by atoms with Crippen molar-refractivity contribution < 1.29 is 20.1 Å². The molecule has 4 aliphatic rings. The van der Waals surface area contributed by atoms with Crippen LogP contribution in [0.3, 0.4) is 0 Å². The van der Waals surface area contributed by atoms with Gasteiger partial charge in [-0.25, -0.2) is 0 Å². The summed E-state index contributed by atoms with van der Waals surface area (Å²) in [5, 5.41) is 35.2. The summed E-state index contributed by atoms with van der Waals surface area (Å²) in [4.78, 5) is 12.4. The maximum Gasteiger partial charge on any atom is 0.156 e. The van der Waals surface area contributed by atoms with E-state index < -0.39 is 22.7 Å². The van der Waals surface area contributed by atoms with Gasteiger partial charge < -0.3 is 15.3 Å². The van der Waals surface area contributed by atoms with Gasteiger partial charge in [-0.15, -0.1) is 5.92 Å². The summed E-state index contributed by atoms with van der Waals surface area (Å²) in [6.07, 6.45) is 5.71. The van der Waals surface area contributed by atoms with E-state index in [1.165, 1.54) is 16.7 Å². The van der Waals surface area contributed by atoms with E-state index in [1.54, 1.807) is 0 Å². The number of carbonyl (C=O) groups excluding carboxylic acids is 1. The van der Waals surface area contributed by atoms with E-state index >= 15 is 0 Å². The first-order chi connectivity index (χ1) is 17.8. The number of aliphatic hydroxyl groups is 3. The molecule has 0 unspecified atom stereocenters. The lowest BCUT2D eigenvalue weighted by Gasteiger charge is -2.55. The van der Waals surface area contributed by atoms with Gasteiger partial charge in [-0.3, -0.25) is 4.79 Å². The van der Waals surface area contributed by atoms with Crippen molar-refractivity contribution in [1.82, 2.24) is 0 Å². The van der Waals surface area contributed by atoms with Crippen molar-refractivity contribution in [3.05, 3.63) is 46.5 Å². The highest BCUT2D eigenvalue weighted by molar-refractivity contribution is 5.82. The number of hydrogen-bond acceptors (Lipinski definition) is 4. The number of hydrogen-bond donors (Lipinski definition) is 3. The average Bonchev–Trinajstić information content (AvgIpc) is 3.05. The molecule has 38 heavy (non-hydrogen) atoms. The van der Waals surface area contributed by atoms with Crippen molar-refractivity contribution in [2.24, 2.45) is 17.3 Å². The third-order valence-corrected chi connectivity index (χ3v) is 10.6. The normalized spacial score (nSPS) is 38.7. The monoisotopic (exact) mass is 518 g/mol. The molecule has 0 spiro atoms. The lowest BCUT2D eigenvalue weighted by atomic mass is 9.50. The van der Waals surface area contributed by atoms with Crippen molar-refractivity contribution >= 4 is 5.78 Å². The largest absolute Gasteiger partial charge is 0.389 e. The Morgan fingerprint density at radius 3 is 2.47 bits per heavy atom. The Labute approximate surface area is 228 Å². The molecule has 4 nitrogen and oxygen atoms in total. The summed E-state index contributed by atoms with van der Waals surface area (Å²) in [6, 6.07) is 8.87. The van der Waals surface area contributed by atoms with Gasteiger partial charge in [0.2, 0.25) is 0 Å². The number of Topliss-reactive ketones (excluding diaryl/α,β-unsaturated/α-hetero) is 1. The topological polar surface area (TPSA) is 77.8 Å². The van der Waals surface area contributed by atoms with Crippen molar-refractivity contribution in [2.45, 2.75) is 127 Å². The fraction of sp³-hybridized carbons (Fsp3) is 0.676. The van der Waals surface area contributed by atoms with Crippen molar-refractivity contribution in [2.75, 3.05) is 0 Å². The maximum atomic E-state index is 12.4. The molecular formula is C34H46O4. The smallest absolute Gasteiger partial charge is 0.156 e. The van der Waals surface area contributed by atoms with Crippen LogP contribution >= 0.6 is 0 Å². The summed E-state index contributed by atoms with van der Waals surface area (Å²) >= 11 is 0. The van der Waals surface area contributed by atoms with E-state index in [0.29, 0.717) is 32.1 Å². The highest BCUT2D eigenvalue weighted by atomic mass is 16.3. The van der Waals surface area contributed by atoms with Crippen LogP contribution in [-0.2, 0) is 10.2 Å². The Kier molecular flexibility index (Phi) is 6.99. The van der Waals surface area contributed by atoms with Crippen LogP contribution in [0.5, 0.6) is 0 Å². The summed E-state index contributed by atoms with van der Waals surface area (Å²) in [5.74, 6) is 6.81. The van der Waals surface area contributed by atoms with E-state index in [9.17, 15) is 20.1 Å². The fourth-order valence-electron chi connectivity index (χ4n) is 8.32. The zero-order chi connectivity index (χ0) is 27.5. The van der Waals surface area contributed by atoms with Crippen LogP contribution in [0.2, 0.25) is 0 Å². The molecule has 0 bridgehead atoms. The number of rotatable bonds is 3. The second-order valence-corrected chi connectivity index (χ2v) is 13.9. The quantitative estimate of drug-likeness (QED) is 0.262. The highest BCUT2D eigenvalue weighted by Crippen LogP contribution is 2.67. The first-order valence-corrected chi connectivity index (χ1v) is 14.8. The van der Waals surface area contributed by atoms with Crippen LogP contribution in [0, 0.1) is 29.1 Å². The Hall–Kier alpha value is -1.93. The van der Waals surface area contributed by atoms with Crippen molar-refractivity contribution in [1.29, 1.82) is 0 Å². The van der Waals surface area contributed by atoms with Crippen LogP contribution in [0.25, 0.3) is 0 Å². The molecule has 0 saturated heterocycles. The molecular weight excluding hydrogens is 472 g/mol. The van der Waals surface area contributed by atoms with E-state index in [0.717, 1.165) is 31.3 Å². The van der Waals surface area contributed by atoms with Gasteiger partial charge in [-0.05, 0) is 72.5 Å².